The molecule has 0 aromatic heterocycles. The van der Waals surface area contributed by atoms with Gasteiger partial charge in [-0.1, -0.05) is 135 Å². The van der Waals surface area contributed by atoms with Gasteiger partial charge in [0.25, 0.3) is 8.32 Å². The Morgan fingerprint density at radius 3 is 1.69 bits per heavy atom. The van der Waals surface area contributed by atoms with E-state index in [1.54, 1.807) is 14.2 Å². The van der Waals surface area contributed by atoms with Crippen LogP contribution in [0.5, 0.6) is 5.75 Å². The number of aliphatic carboxylic acids is 1. The summed E-state index contributed by atoms with van der Waals surface area (Å²) in [6.07, 6.45) is -0.804. The summed E-state index contributed by atoms with van der Waals surface area (Å²) in [7, 11) is -1.73. The van der Waals surface area contributed by atoms with Crippen molar-refractivity contribution < 1.29 is 33.0 Å². The third kappa shape index (κ3) is 10.7. The Labute approximate surface area is 316 Å². The van der Waals surface area contributed by atoms with Crippen molar-refractivity contribution in [3.63, 3.8) is 0 Å². The van der Waals surface area contributed by atoms with E-state index in [9.17, 15) is 9.90 Å². The SMILES string of the molecule is COc1ccc(CO[C@@H](C[C@H](OC)[C@@H](C)CO[Si](c2ccccc2)(c2ccccc2)C(C)(C)C)C(C)(C)[C@H](CC(=O)O)O[Si](C)(C)C(C)(C)C)cc1. The summed E-state index contributed by atoms with van der Waals surface area (Å²) in [6.45, 7) is 24.9. The van der Waals surface area contributed by atoms with E-state index < -0.39 is 40.2 Å². The van der Waals surface area contributed by atoms with E-state index in [0.717, 1.165) is 11.3 Å². The predicted octanol–water partition coefficient (Wildman–Crippen LogP) is 9.09. The number of benzene rings is 3. The minimum absolute atomic E-state index is 0.00577. The molecule has 7 nitrogen and oxygen atoms in total. The van der Waals surface area contributed by atoms with Crippen molar-refractivity contribution in [3.05, 3.63) is 90.5 Å². The molecule has 3 aromatic carbocycles. The molecule has 3 aromatic rings. The van der Waals surface area contributed by atoms with Crippen LogP contribution in [0, 0.1) is 11.3 Å². The first-order valence-corrected chi connectivity index (χ1v) is 23.4. The van der Waals surface area contributed by atoms with Gasteiger partial charge in [0.05, 0.1) is 38.4 Å². The van der Waals surface area contributed by atoms with E-state index in [0.29, 0.717) is 19.6 Å². The van der Waals surface area contributed by atoms with E-state index in [1.807, 2.05) is 24.3 Å². The predicted molar refractivity (Wildman–Crippen MR) is 218 cm³/mol. The van der Waals surface area contributed by atoms with Crippen LogP contribution in [0.3, 0.4) is 0 Å². The van der Waals surface area contributed by atoms with Crippen LogP contribution >= 0.6 is 0 Å². The molecule has 0 fully saturated rings. The molecule has 0 aliphatic heterocycles. The molecular formula is C43H66O7Si2. The second-order valence-corrected chi connectivity index (χ2v) is 26.5. The third-order valence-electron chi connectivity index (χ3n) is 11.2. The van der Waals surface area contributed by atoms with Crippen LogP contribution in [-0.4, -0.2) is 66.8 Å². The van der Waals surface area contributed by atoms with Crippen LogP contribution in [0.4, 0.5) is 0 Å². The molecule has 288 valence electrons. The van der Waals surface area contributed by atoms with Gasteiger partial charge < -0.3 is 28.2 Å². The van der Waals surface area contributed by atoms with Gasteiger partial charge in [0.2, 0.25) is 0 Å². The van der Waals surface area contributed by atoms with Crippen molar-refractivity contribution >= 4 is 33.0 Å². The minimum atomic E-state index is -2.77. The number of hydrogen-bond donors (Lipinski definition) is 1. The molecule has 0 radical (unpaired) electrons. The number of carboxylic acids is 1. The lowest BCUT2D eigenvalue weighted by atomic mass is 9.76. The Morgan fingerprint density at radius 1 is 0.750 bits per heavy atom. The topological polar surface area (TPSA) is 83.5 Å². The largest absolute Gasteiger partial charge is 0.497 e. The van der Waals surface area contributed by atoms with Crippen LogP contribution in [0.2, 0.25) is 23.2 Å². The number of rotatable bonds is 19. The Hall–Kier alpha value is -2.80. The average molecular weight is 751 g/mol. The monoisotopic (exact) mass is 750 g/mol. The van der Waals surface area contributed by atoms with Gasteiger partial charge in [-0.25, -0.2) is 0 Å². The lowest BCUT2D eigenvalue weighted by molar-refractivity contribution is -0.146. The van der Waals surface area contributed by atoms with Crippen molar-refractivity contribution in [3.8, 4) is 5.75 Å². The first-order valence-electron chi connectivity index (χ1n) is 18.6. The van der Waals surface area contributed by atoms with Crippen LogP contribution in [0.25, 0.3) is 0 Å². The minimum Gasteiger partial charge on any atom is -0.497 e. The normalized spacial score (nSPS) is 15.5. The number of carbonyl (C=O) groups is 1. The molecular weight excluding hydrogens is 685 g/mol. The lowest BCUT2D eigenvalue weighted by Gasteiger charge is -2.47. The van der Waals surface area contributed by atoms with Crippen molar-refractivity contribution in [2.75, 3.05) is 20.8 Å². The fraction of sp³-hybridized carbons (Fsp3) is 0.558. The zero-order chi connectivity index (χ0) is 39.0. The van der Waals surface area contributed by atoms with Gasteiger partial charge in [-0.15, -0.1) is 0 Å². The van der Waals surface area contributed by atoms with E-state index in [2.05, 4.69) is 136 Å². The summed E-state index contributed by atoms with van der Waals surface area (Å²) in [5, 5.41) is 12.4. The van der Waals surface area contributed by atoms with E-state index in [1.165, 1.54) is 10.4 Å². The summed E-state index contributed by atoms with van der Waals surface area (Å²) in [4.78, 5) is 12.4. The fourth-order valence-corrected chi connectivity index (χ4v) is 12.9. The Kier molecular flexibility index (Phi) is 15.1. The smallest absolute Gasteiger partial charge is 0.305 e. The average Bonchev–Trinajstić information content (AvgIpc) is 3.08. The number of ether oxygens (including phenoxy) is 3. The van der Waals surface area contributed by atoms with Crippen LogP contribution in [0.15, 0.2) is 84.9 Å². The van der Waals surface area contributed by atoms with Crippen molar-refractivity contribution in [2.45, 2.75) is 123 Å². The summed E-state index contributed by atoms with van der Waals surface area (Å²) < 4.78 is 32.8. The molecule has 3 rings (SSSR count). The van der Waals surface area contributed by atoms with Crippen LogP contribution < -0.4 is 15.1 Å². The van der Waals surface area contributed by atoms with Gasteiger partial charge in [0, 0.05) is 31.5 Å². The summed E-state index contributed by atoms with van der Waals surface area (Å²) in [5.41, 5.74) is 0.314. The van der Waals surface area contributed by atoms with E-state index in [4.69, 9.17) is 23.1 Å². The maximum absolute atomic E-state index is 12.4. The summed E-state index contributed by atoms with van der Waals surface area (Å²) in [6, 6.07) is 29.2. The quantitative estimate of drug-likeness (QED) is 0.123. The molecule has 0 aliphatic rings. The standard InChI is InChI=1S/C43H66O7Si2/c1-32(30-49-52(42(5,6)7,35-20-16-14-17-21-35)36-22-18-15-19-23-36)37(47-11)28-38(48-31-33-24-26-34(46-10)27-25-33)43(8,9)39(29-40(44)45)50-51(12,13)41(2,3)4/h14-27,32,37-39H,28-31H2,1-13H3,(H,44,45)/t32-,37-,38-,39-/m0/s1. The van der Waals surface area contributed by atoms with Gasteiger partial charge in [0.15, 0.2) is 8.32 Å². The third-order valence-corrected chi connectivity index (χ3v) is 20.7. The first-order chi connectivity index (χ1) is 24.2. The highest BCUT2D eigenvalue weighted by atomic mass is 28.4. The maximum atomic E-state index is 12.4. The van der Waals surface area contributed by atoms with Crippen LogP contribution in [0.1, 0.15) is 80.7 Å². The van der Waals surface area contributed by atoms with Crippen molar-refractivity contribution in [1.29, 1.82) is 0 Å². The second-order valence-electron chi connectivity index (χ2n) is 17.4. The molecule has 0 aliphatic carbocycles. The lowest BCUT2D eigenvalue weighted by Crippen LogP contribution is -2.67. The summed E-state index contributed by atoms with van der Waals surface area (Å²) in [5.74, 6) is -0.117. The number of carboxylic acid groups (broad SMARTS) is 1. The molecule has 0 bridgehead atoms. The molecule has 1 N–H and O–H groups in total. The maximum Gasteiger partial charge on any atom is 0.305 e. The molecule has 0 saturated carbocycles. The Balaban J connectivity index is 2.01. The molecule has 0 heterocycles. The van der Waals surface area contributed by atoms with Crippen molar-refractivity contribution in [2.24, 2.45) is 11.3 Å². The first kappa shape index (κ1) is 43.6. The summed E-state index contributed by atoms with van der Waals surface area (Å²) >= 11 is 0. The van der Waals surface area contributed by atoms with E-state index in [-0.39, 0.29) is 28.5 Å². The highest BCUT2D eigenvalue weighted by Gasteiger charge is 2.51. The molecule has 4 atom stereocenters. The zero-order valence-corrected chi connectivity index (χ0v) is 36.1. The van der Waals surface area contributed by atoms with E-state index >= 15 is 0 Å². The van der Waals surface area contributed by atoms with Crippen LogP contribution in [-0.2, 0) is 29.7 Å². The molecule has 0 spiro atoms. The Morgan fingerprint density at radius 2 is 1.27 bits per heavy atom. The van der Waals surface area contributed by atoms with Gasteiger partial charge in [-0.2, -0.15) is 0 Å². The molecule has 0 unspecified atom stereocenters. The highest BCUT2D eigenvalue weighted by Crippen LogP contribution is 2.44. The van der Waals surface area contributed by atoms with Gasteiger partial charge >= 0.3 is 5.97 Å². The van der Waals surface area contributed by atoms with Gasteiger partial charge in [-0.05, 0) is 51.2 Å². The molecule has 9 heteroatoms. The second kappa shape index (κ2) is 18.0. The number of methoxy groups -OCH3 is 2. The molecule has 0 amide bonds. The van der Waals surface area contributed by atoms with Crippen molar-refractivity contribution in [1.82, 2.24) is 0 Å². The molecule has 0 saturated heterocycles. The number of hydrogen-bond acceptors (Lipinski definition) is 6. The fourth-order valence-electron chi connectivity index (χ4n) is 6.76. The van der Waals surface area contributed by atoms with Gasteiger partial charge in [0.1, 0.15) is 5.75 Å². The Bertz CT molecular complexity index is 1470. The highest BCUT2D eigenvalue weighted by molar-refractivity contribution is 6.99. The zero-order valence-electron chi connectivity index (χ0n) is 34.1. The van der Waals surface area contributed by atoms with Gasteiger partial charge in [-0.3, -0.25) is 4.79 Å². The molecule has 52 heavy (non-hydrogen) atoms.